The molecule has 0 saturated heterocycles. The molecule has 1 heterocycles. The van der Waals surface area contributed by atoms with Gasteiger partial charge in [0, 0.05) is 11.5 Å². The molecule has 26 heavy (non-hydrogen) atoms. The lowest BCUT2D eigenvalue weighted by Gasteiger charge is -2.27. The molecule has 1 aromatic rings. The van der Waals surface area contributed by atoms with E-state index >= 15 is 0 Å². The van der Waals surface area contributed by atoms with Gasteiger partial charge in [-0.3, -0.25) is 4.57 Å². The molecule has 0 aliphatic rings. The molecule has 0 spiro atoms. The van der Waals surface area contributed by atoms with Gasteiger partial charge in [-0.15, -0.1) is 0 Å². The Morgan fingerprint density at radius 2 is 1.65 bits per heavy atom. The van der Waals surface area contributed by atoms with Crippen LogP contribution in [0.2, 0.25) is 0 Å². The molecule has 1 rings (SSSR count). The molecule has 0 saturated carbocycles. The van der Waals surface area contributed by atoms with Crippen LogP contribution in [0.5, 0.6) is 5.88 Å². The van der Waals surface area contributed by atoms with Crippen molar-refractivity contribution in [2.75, 3.05) is 31.0 Å². The number of nitrogens with zero attached hydrogens (tertiary/aromatic N) is 2. The third-order valence-electron chi connectivity index (χ3n) is 2.84. The fraction of sp³-hybridized carbons (Fsp3) is 0.750. The van der Waals surface area contributed by atoms with Gasteiger partial charge in [0.25, 0.3) is 0 Å². The van der Waals surface area contributed by atoms with E-state index in [-0.39, 0.29) is 42.3 Å². The maximum atomic E-state index is 12.7. The number of nitrogen functional groups attached to an aromatic ring is 2. The molecule has 0 amide bonds. The normalized spacial score (nSPS) is 12.8. The van der Waals surface area contributed by atoms with E-state index in [1.165, 1.54) is 6.07 Å². The van der Waals surface area contributed by atoms with Gasteiger partial charge in [0.05, 0.1) is 25.4 Å². The molecule has 10 heteroatoms. The molecule has 0 radical (unpaired) electrons. The number of nitrogens with two attached hydrogens (primary N) is 2. The van der Waals surface area contributed by atoms with E-state index in [0.29, 0.717) is 12.5 Å². The molecule has 4 N–H and O–H groups in total. The standard InChI is InChI=1S/C16H31N4O5P/c1-11(2)24-26(21,25-12(3)4)10-22-8-16(5,6)9-23-14-7-13(17)19-15(18)20-14/h7,11-12H,8-10H2,1-6H3,(H4,17,18,19,20). The van der Waals surface area contributed by atoms with Crippen molar-refractivity contribution in [2.24, 2.45) is 5.41 Å². The SMILES string of the molecule is CC(C)OP(=O)(COCC(C)(C)COc1cc(N)nc(N)n1)OC(C)C. The van der Waals surface area contributed by atoms with Crippen molar-refractivity contribution in [1.82, 2.24) is 9.97 Å². The van der Waals surface area contributed by atoms with Crippen molar-refractivity contribution >= 4 is 19.4 Å². The molecule has 0 bridgehead atoms. The lowest BCUT2D eigenvalue weighted by atomic mass is 9.96. The Kier molecular flexibility index (Phi) is 8.27. The second-order valence-corrected chi connectivity index (χ2v) is 9.24. The molecule has 0 aromatic carbocycles. The Balaban J connectivity index is 2.56. The van der Waals surface area contributed by atoms with Crippen molar-refractivity contribution in [1.29, 1.82) is 0 Å². The molecular weight excluding hydrogens is 359 g/mol. The van der Waals surface area contributed by atoms with Crippen molar-refractivity contribution < 1.29 is 23.1 Å². The third-order valence-corrected chi connectivity index (χ3v) is 4.82. The van der Waals surface area contributed by atoms with E-state index < -0.39 is 7.60 Å². The first-order valence-electron chi connectivity index (χ1n) is 8.47. The number of anilines is 2. The van der Waals surface area contributed by atoms with Crippen LogP contribution in [0.3, 0.4) is 0 Å². The minimum absolute atomic E-state index is 0.0478. The van der Waals surface area contributed by atoms with Gasteiger partial charge in [-0.2, -0.15) is 9.97 Å². The molecule has 0 fully saturated rings. The van der Waals surface area contributed by atoms with Crippen LogP contribution in [0.25, 0.3) is 0 Å². The summed E-state index contributed by atoms with van der Waals surface area (Å²) in [5.74, 6) is 0.575. The molecular formula is C16H31N4O5P. The Hall–Kier alpha value is -1.41. The summed E-state index contributed by atoms with van der Waals surface area (Å²) in [6.07, 6.45) is -0.582. The first-order chi connectivity index (χ1) is 11.9. The van der Waals surface area contributed by atoms with Gasteiger partial charge < -0.3 is 30.0 Å². The first kappa shape index (κ1) is 22.6. The molecule has 0 unspecified atom stereocenters. The second kappa shape index (κ2) is 9.50. The Morgan fingerprint density at radius 3 is 2.15 bits per heavy atom. The van der Waals surface area contributed by atoms with Gasteiger partial charge >= 0.3 is 7.60 Å². The summed E-state index contributed by atoms with van der Waals surface area (Å²) in [7, 11) is -3.32. The summed E-state index contributed by atoms with van der Waals surface area (Å²) >= 11 is 0. The van der Waals surface area contributed by atoms with E-state index in [4.69, 9.17) is 30.0 Å². The summed E-state index contributed by atoms with van der Waals surface area (Å²) in [6.45, 7) is 11.7. The van der Waals surface area contributed by atoms with E-state index in [0.717, 1.165) is 0 Å². The summed E-state index contributed by atoms with van der Waals surface area (Å²) in [5, 5.41) is 0. The number of rotatable bonds is 11. The van der Waals surface area contributed by atoms with Crippen molar-refractivity contribution in [3.8, 4) is 5.88 Å². The zero-order chi connectivity index (χ0) is 20.0. The number of ether oxygens (including phenoxy) is 2. The van der Waals surface area contributed by atoms with E-state index in [9.17, 15) is 4.57 Å². The van der Waals surface area contributed by atoms with Crippen LogP contribution in [0, 0.1) is 5.41 Å². The highest BCUT2D eigenvalue weighted by atomic mass is 31.2. The van der Waals surface area contributed by atoms with Gasteiger partial charge in [-0.25, -0.2) is 0 Å². The number of hydrogen-bond acceptors (Lipinski definition) is 9. The van der Waals surface area contributed by atoms with Crippen molar-refractivity contribution in [2.45, 2.75) is 53.8 Å². The fourth-order valence-corrected chi connectivity index (χ4v) is 3.78. The predicted molar refractivity (Wildman–Crippen MR) is 101 cm³/mol. The summed E-state index contributed by atoms with van der Waals surface area (Å²) in [6, 6.07) is 1.49. The van der Waals surface area contributed by atoms with E-state index in [1.807, 2.05) is 13.8 Å². The summed E-state index contributed by atoms with van der Waals surface area (Å²) in [5.41, 5.74) is 10.8. The second-order valence-electron chi connectivity index (χ2n) is 7.34. The minimum Gasteiger partial charge on any atom is -0.477 e. The van der Waals surface area contributed by atoms with Crippen LogP contribution in [0.15, 0.2) is 6.07 Å². The monoisotopic (exact) mass is 390 g/mol. The van der Waals surface area contributed by atoms with Crippen LogP contribution in [0.1, 0.15) is 41.5 Å². The van der Waals surface area contributed by atoms with E-state index in [1.54, 1.807) is 27.7 Å². The third kappa shape index (κ3) is 8.80. The Labute approximate surface area is 155 Å². The largest absolute Gasteiger partial charge is 0.477 e. The fourth-order valence-electron chi connectivity index (χ4n) is 2.01. The van der Waals surface area contributed by atoms with Gasteiger partial charge in [0.15, 0.2) is 0 Å². The molecule has 0 aliphatic carbocycles. The average Bonchev–Trinajstić information content (AvgIpc) is 2.42. The predicted octanol–water partition coefficient (Wildman–Crippen LogP) is 3.06. The Morgan fingerprint density at radius 1 is 1.08 bits per heavy atom. The van der Waals surface area contributed by atoms with Gasteiger partial charge in [0.1, 0.15) is 12.2 Å². The zero-order valence-corrected chi connectivity index (χ0v) is 17.3. The minimum atomic E-state index is -3.32. The van der Waals surface area contributed by atoms with Crippen LogP contribution in [-0.4, -0.2) is 41.7 Å². The summed E-state index contributed by atoms with van der Waals surface area (Å²) in [4.78, 5) is 7.74. The maximum absolute atomic E-state index is 12.7. The lowest BCUT2D eigenvalue weighted by molar-refractivity contribution is 0.0371. The van der Waals surface area contributed by atoms with Crippen LogP contribution < -0.4 is 16.2 Å². The van der Waals surface area contributed by atoms with Crippen LogP contribution in [0.4, 0.5) is 11.8 Å². The molecule has 1 aromatic heterocycles. The summed E-state index contributed by atoms with van der Waals surface area (Å²) < 4.78 is 34.9. The molecule has 9 nitrogen and oxygen atoms in total. The van der Waals surface area contributed by atoms with Gasteiger partial charge in [0.2, 0.25) is 11.8 Å². The molecule has 0 aliphatic heterocycles. The first-order valence-corrected chi connectivity index (χ1v) is 10.2. The zero-order valence-electron chi connectivity index (χ0n) is 16.4. The van der Waals surface area contributed by atoms with Crippen LogP contribution >= 0.6 is 7.60 Å². The molecule has 0 atom stereocenters. The quantitative estimate of drug-likeness (QED) is 0.547. The van der Waals surface area contributed by atoms with Crippen molar-refractivity contribution in [3.63, 3.8) is 0 Å². The Bertz CT molecular complexity index is 590. The maximum Gasteiger partial charge on any atom is 0.356 e. The number of hydrogen-bond donors (Lipinski definition) is 2. The van der Waals surface area contributed by atoms with Gasteiger partial charge in [-0.1, -0.05) is 13.8 Å². The van der Waals surface area contributed by atoms with Crippen LogP contribution in [-0.2, 0) is 18.3 Å². The molecule has 150 valence electrons. The van der Waals surface area contributed by atoms with Crippen molar-refractivity contribution in [3.05, 3.63) is 6.07 Å². The average molecular weight is 390 g/mol. The highest BCUT2D eigenvalue weighted by Gasteiger charge is 2.30. The van der Waals surface area contributed by atoms with E-state index in [2.05, 4.69) is 9.97 Å². The highest BCUT2D eigenvalue weighted by Crippen LogP contribution is 2.50. The number of aromatic nitrogens is 2. The lowest BCUT2D eigenvalue weighted by Crippen LogP contribution is -2.28. The topological polar surface area (TPSA) is 132 Å². The highest BCUT2D eigenvalue weighted by molar-refractivity contribution is 7.53. The smallest absolute Gasteiger partial charge is 0.356 e. The van der Waals surface area contributed by atoms with Gasteiger partial charge in [-0.05, 0) is 27.7 Å².